The second-order valence-corrected chi connectivity index (χ2v) is 6.98. The molecule has 2 aliphatic carbocycles. The van der Waals surface area contributed by atoms with Gasteiger partial charge in [0.05, 0.1) is 0 Å². The molecule has 2 aliphatic rings. The maximum Gasteiger partial charge on any atom is 0.0282 e. The van der Waals surface area contributed by atoms with Crippen molar-refractivity contribution in [3.8, 4) is 0 Å². The number of hydrogen-bond donors (Lipinski definition) is 1. The maximum absolute atomic E-state index is 3.87. The molecule has 0 bridgehead atoms. The lowest BCUT2D eigenvalue weighted by atomic mass is 9.82. The molecule has 0 aromatic rings. The minimum absolute atomic E-state index is 0.691. The summed E-state index contributed by atoms with van der Waals surface area (Å²) in [5.74, 6) is 0.990. The zero-order chi connectivity index (χ0) is 14.0. The fraction of sp³-hybridized carbons (Fsp3) is 0.895. The smallest absolute Gasteiger partial charge is 0.0282 e. The molecule has 1 saturated carbocycles. The fourth-order valence-electron chi connectivity index (χ4n) is 3.97. The van der Waals surface area contributed by atoms with Gasteiger partial charge in [0.1, 0.15) is 0 Å². The Bertz CT molecular complexity index is 275. The van der Waals surface area contributed by atoms with Gasteiger partial charge in [0, 0.05) is 6.04 Å². The highest BCUT2D eigenvalue weighted by molar-refractivity contribution is 5.12. The van der Waals surface area contributed by atoms with Crippen LogP contribution in [0.4, 0.5) is 0 Å². The highest BCUT2D eigenvalue weighted by Crippen LogP contribution is 2.30. The van der Waals surface area contributed by atoms with Crippen LogP contribution >= 0.6 is 0 Å². The highest BCUT2D eigenvalue weighted by Gasteiger charge is 2.21. The van der Waals surface area contributed by atoms with Crippen LogP contribution in [-0.2, 0) is 0 Å². The zero-order valence-electron chi connectivity index (χ0n) is 13.6. The summed E-state index contributed by atoms with van der Waals surface area (Å²) < 4.78 is 0. The normalized spacial score (nSPS) is 23.8. The van der Waals surface area contributed by atoms with E-state index in [1.807, 2.05) is 0 Å². The predicted octanol–water partition coefficient (Wildman–Crippen LogP) is 5.61. The summed E-state index contributed by atoms with van der Waals surface area (Å²) >= 11 is 0. The first-order valence-corrected chi connectivity index (χ1v) is 9.32. The first kappa shape index (κ1) is 16.1. The average molecular weight is 277 g/mol. The molecule has 1 unspecified atom stereocenters. The van der Waals surface area contributed by atoms with Crippen molar-refractivity contribution in [3.63, 3.8) is 0 Å². The third-order valence-electron chi connectivity index (χ3n) is 5.21. The van der Waals surface area contributed by atoms with Crippen LogP contribution in [0.5, 0.6) is 0 Å². The van der Waals surface area contributed by atoms with Gasteiger partial charge in [-0.15, -0.1) is 0 Å². The van der Waals surface area contributed by atoms with E-state index in [0.29, 0.717) is 6.04 Å². The monoisotopic (exact) mass is 277 g/mol. The molecule has 0 aliphatic heterocycles. The van der Waals surface area contributed by atoms with Crippen molar-refractivity contribution < 1.29 is 0 Å². The minimum atomic E-state index is 0.691. The quantitative estimate of drug-likeness (QED) is 0.623. The van der Waals surface area contributed by atoms with Crippen molar-refractivity contribution in [2.24, 2.45) is 5.92 Å². The molecule has 0 aromatic heterocycles. The Labute approximate surface area is 126 Å². The van der Waals surface area contributed by atoms with Crippen LogP contribution in [0.15, 0.2) is 11.6 Å². The largest absolute Gasteiger partial charge is 0.310 e. The summed E-state index contributed by atoms with van der Waals surface area (Å²) in [5.41, 5.74) is 1.75. The molecule has 1 fully saturated rings. The summed E-state index contributed by atoms with van der Waals surface area (Å²) in [6, 6.07) is 0.691. The van der Waals surface area contributed by atoms with Crippen molar-refractivity contribution in [3.05, 3.63) is 11.6 Å². The molecule has 1 atom stereocenters. The van der Waals surface area contributed by atoms with E-state index in [1.165, 1.54) is 90.0 Å². The van der Waals surface area contributed by atoms with E-state index in [9.17, 15) is 0 Å². The molecule has 0 spiro atoms. The third kappa shape index (κ3) is 5.60. The molecular weight excluding hydrogens is 242 g/mol. The van der Waals surface area contributed by atoms with Crippen molar-refractivity contribution >= 4 is 0 Å². The van der Waals surface area contributed by atoms with Gasteiger partial charge in [-0.1, -0.05) is 63.5 Å². The van der Waals surface area contributed by atoms with Crippen molar-refractivity contribution in [2.45, 2.75) is 96.4 Å². The maximum atomic E-state index is 3.87. The summed E-state index contributed by atoms with van der Waals surface area (Å²) in [6.07, 6.45) is 21.1. The van der Waals surface area contributed by atoms with Crippen LogP contribution in [0, 0.1) is 5.92 Å². The van der Waals surface area contributed by atoms with Crippen LogP contribution < -0.4 is 5.32 Å². The molecule has 1 nitrogen and oxygen atoms in total. The second-order valence-electron chi connectivity index (χ2n) is 6.98. The number of nitrogens with one attached hydrogen (secondary N) is 1. The summed E-state index contributed by atoms with van der Waals surface area (Å²) in [4.78, 5) is 0. The SMILES string of the molecule is CCCNC(CC1CCCCC1)C1=CCCCCCC1. The van der Waals surface area contributed by atoms with Gasteiger partial charge in [-0.2, -0.15) is 0 Å². The van der Waals surface area contributed by atoms with E-state index in [0.717, 1.165) is 5.92 Å². The lowest BCUT2D eigenvalue weighted by Crippen LogP contribution is -2.34. The number of hydrogen-bond acceptors (Lipinski definition) is 1. The van der Waals surface area contributed by atoms with Crippen molar-refractivity contribution in [1.29, 1.82) is 0 Å². The zero-order valence-corrected chi connectivity index (χ0v) is 13.6. The van der Waals surface area contributed by atoms with Crippen LogP contribution in [0.25, 0.3) is 0 Å². The summed E-state index contributed by atoms with van der Waals surface area (Å²) in [5, 5.41) is 3.87. The number of rotatable bonds is 6. The standard InChI is InChI=1S/C19H35N/c1-2-15-20-19(16-17-11-7-6-8-12-17)18-13-9-4-3-5-10-14-18/h13,17,19-20H,2-12,14-16H2,1H3. The van der Waals surface area contributed by atoms with Crippen LogP contribution in [-0.4, -0.2) is 12.6 Å². The van der Waals surface area contributed by atoms with E-state index < -0.39 is 0 Å². The fourth-order valence-corrected chi connectivity index (χ4v) is 3.97. The van der Waals surface area contributed by atoms with Crippen molar-refractivity contribution in [2.75, 3.05) is 6.54 Å². The lowest BCUT2D eigenvalue weighted by molar-refractivity contribution is 0.308. The Morgan fingerprint density at radius 3 is 2.60 bits per heavy atom. The molecule has 20 heavy (non-hydrogen) atoms. The topological polar surface area (TPSA) is 12.0 Å². The number of allylic oxidation sites excluding steroid dienone is 1. The first-order valence-electron chi connectivity index (χ1n) is 9.32. The van der Waals surface area contributed by atoms with Gasteiger partial charge in [0.15, 0.2) is 0 Å². The van der Waals surface area contributed by atoms with Gasteiger partial charge in [-0.3, -0.25) is 0 Å². The van der Waals surface area contributed by atoms with Gasteiger partial charge < -0.3 is 5.32 Å². The Kier molecular flexibility index (Phi) is 7.72. The van der Waals surface area contributed by atoms with Gasteiger partial charge in [0.2, 0.25) is 0 Å². The van der Waals surface area contributed by atoms with E-state index in [4.69, 9.17) is 0 Å². The molecule has 2 rings (SSSR count). The van der Waals surface area contributed by atoms with Gasteiger partial charge in [-0.05, 0) is 51.0 Å². The Balaban J connectivity index is 1.92. The van der Waals surface area contributed by atoms with Gasteiger partial charge in [-0.25, -0.2) is 0 Å². The van der Waals surface area contributed by atoms with E-state index in [1.54, 1.807) is 5.57 Å². The Morgan fingerprint density at radius 2 is 1.80 bits per heavy atom. The van der Waals surface area contributed by atoms with E-state index >= 15 is 0 Å². The molecule has 0 saturated heterocycles. The molecular formula is C19H35N. The van der Waals surface area contributed by atoms with E-state index in [2.05, 4.69) is 18.3 Å². The predicted molar refractivity (Wildman–Crippen MR) is 89.1 cm³/mol. The highest BCUT2D eigenvalue weighted by atomic mass is 14.9. The van der Waals surface area contributed by atoms with Crippen LogP contribution in [0.3, 0.4) is 0 Å². The molecule has 0 heterocycles. The lowest BCUT2D eigenvalue weighted by Gasteiger charge is -2.29. The average Bonchev–Trinajstić information content (AvgIpc) is 2.45. The van der Waals surface area contributed by atoms with Crippen LogP contribution in [0.1, 0.15) is 90.4 Å². The summed E-state index contributed by atoms with van der Waals surface area (Å²) in [7, 11) is 0. The molecule has 0 aromatic carbocycles. The second kappa shape index (κ2) is 9.60. The van der Waals surface area contributed by atoms with Gasteiger partial charge >= 0.3 is 0 Å². The molecule has 0 radical (unpaired) electrons. The molecule has 1 heteroatoms. The first-order chi connectivity index (χ1) is 9.90. The Hall–Kier alpha value is -0.300. The summed E-state index contributed by atoms with van der Waals surface area (Å²) in [6.45, 7) is 3.48. The molecule has 116 valence electrons. The minimum Gasteiger partial charge on any atom is -0.310 e. The molecule has 0 amide bonds. The van der Waals surface area contributed by atoms with Crippen molar-refractivity contribution in [1.82, 2.24) is 5.32 Å². The molecule has 1 N–H and O–H groups in total. The van der Waals surface area contributed by atoms with Gasteiger partial charge in [0.25, 0.3) is 0 Å². The Morgan fingerprint density at radius 1 is 1.05 bits per heavy atom. The van der Waals surface area contributed by atoms with E-state index in [-0.39, 0.29) is 0 Å². The van der Waals surface area contributed by atoms with Crippen LogP contribution in [0.2, 0.25) is 0 Å². The third-order valence-corrected chi connectivity index (χ3v) is 5.21.